The fourth-order valence-electron chi connectivity index (χ4n) is 3.30. The van der Waals surface area contributed by atoms with Crippen LogP contribution in [0.3, 0.4) is 0 Å². The van der Waals surface area contributed by atoms with Crippen LogP contribution in [-0.2, 0) is 4.79 Å². The van der Waals surface area contributed by atoms with Crippen molar-refractivity contribution in [3.63, 3.8) is 0 Å². The van der Waals surface area contributed by atoms with Crippen molar-refractivity contribution < 1.29 is 23.1 Å². The molecule has 3 aliphatic rings. The van der Waals surface area contributed by atoms with Crippen LogP contribution in [0, 0.1) is 11.8 Å². The van der Waals surface area contributed by atoms with Gasteiger partial charge in [-0.3, -0.25) is 9.59 Å². The van der Waals surface area contributed by atoms with E-state index in [-0.39, 0.29) is 30.3 Å². The summed E-state index contributed by atoms with van der Waals surface area (Å²) in [5, 5.41) is 0. The Kier molecular flexibility index (Phi) is 5.23. The number of halogens is 2. The second kappa shape index (κ2) is 7.68. The number of nitrogens with two attached hydrogens (primary N) is 1. The number of aromatic nitrogens is 1. The van der Waals surface area contributed by atoms with Crippen LogP contribution in [0.15, 0.2) is 17.1 Å². The summed E-state index contributed by atoms with van der Waals surface area (Å²) in [7, 11) is 0. The number of nitrogens with zero attached hydrogens (tertiary/aromatic N) is 3. The van der Waals surface area contributed by atoms with Crippen LogP contribution >= 0.6 is 0 Å². The summed E-state index contributed by atoms with van der Waals surface area (Å²) >= 11 is 0. The summed E-state index contributed by atoms with van der Waals surface area (Å²) in [6.45, 7) is 0.208. The molecule has 1 aromatic heterocycles. The highest BCUT2D eigenvalue weighted by Crippen LogP contribution is 2.37. The first-order chi connectivity index (χ1) is 13.8. The summed E-state index contributed by atoms with van der Waals surface area (Å²) in [6.07, 6.45) is 4.25. The molecule has 0 aromatic carbocycles. The van der Waals surface area contributed by atoms with E-state index in [1.54, 1.807) is 6.07 Å². The Morgan fingerprint density at radius 1 is 1.24 bits per heavy atom. The Hall–Kier alpha value is -2.58. The smallest absolute Gasteiger partial charge is 0.296 e. The van der Waals surface area contributed by atoms with Crippen LogP contribution in [0.25, 0.3) is 0 Å². The summed E-state index contributed by atoms with van der Waals surface area (Å²) in [5.41, 5.74) is 5.83. The first-order valence-electron chi connectivity index (χ1n) is 9.99. The Morgan fingerprint density at radius 3 is 2.55 bits per heavy atom. The lowest BCUT2D eigenvalue weighted by Gasteiger charge is -2.21. The average Bonchev–Trinajstić information content (AvgIpc) is 3.59. The lowest BCUT2D eigenvalue weighted by Crippen LogP contribution is -2.26. The first kappa shape index (κ1) is 19.7. The zero-order chi connectivity index (χ0) is 20.6. The maximum absolute atomic E-state index is 13.7. The molecule has 2 saturated carbocycles. The molecule has 1 saturated heterocycles. The van der Waals surface area contributed by atoms with Crippen LogP contribution in [0.5, 0.6) is 5.88 Å². The highest BCUT2D eigenvalue weighted by atomic mass is 19.3. The molecule has 0 radical (unpaired) electrons. The summed E-state index contributed by atoms with van der Waals surface area (Å²) < 4.78 is 33.1. The van der Waals surface area contributed by atoms with Crippen molar-refractivity contribution >= 4 is 23.2 Å². The van der Waals surface area contributed by atoms with Crippen LogP contribution in [0.1, 0.15) is 49.0 Å². The number of alkyl halides is 2. The standard InChI is InChI=1S/C20H24F2N4O3/c21-20(22)7-8-26(11-20)16-6-5-14(25-19(16)29-10-13-3-4-13)18(28)24-15(17(23)27)9-12-1-2-12/h5-6,12-13H,1-4,7-11H2,(H2,23,27). The molecule has 1 aliphatic heterocycles. The maximum atomic E-state index is 13.7. The number of carbonyl (C=O) groups excluding carboxylic acids is 2. The van der Waals surface area contributed by atoms with Crippen molar-refractivity contribution in [1.29, 1.82) is 0 Å². The molecular weight excluding hydrogens is 382 g/mol. The molecule has 0 bridgehead atoms. The number of rotatable bonds is 8. The Bertz CT molecular complexity index is 850. The average molecular weight is 406 g/mol. The molecular formula is C20H24F2N4O3. The van der Waals surface area contributed by atoms with E-state index in [4.69, 9.17) is 10.5 Å². The van der Waals surface area contributed by atoms with E-state index >= 15 is 0 Å². The molecule has 0 spiro atoms. The van der Waals surface area contributed by atoms with Gasteiger partial charge in [0.1, 0.15) is 17.1 Å². The van der Waals surface area contributed by atoms with Gasteiger partial charge in [0.15, 0.2) is 0 Å². The normalized spacial score (nSPS) is 21.3. The number of carbonyl (C=O) groups is 2. The predicted molar refractivity (Wildman–Crippen MR) is 103 cm³/mol. The molecule has 156 valence electrons. The molecule has 29 heavy (non-hydrogen) atoms. The van der Waals surface area contributed by atoms with Gasteiger partial charge in [0.25, 0.3) is 17.7 Å². The summed E-state index contributed by atoms with van der Waals surface area (Å²) in [6, 6.07) is 2.99. The van der Waals surface area contributed by atoms with Gasteiger partial charge in [0, 0.05) is 13.0 Å². The monoisotopic (exact) mass is 406 g/mol. The SMILES string of the molecule is NC(=O)C(CC1CC1)=NC(=O)c1ccc(N2CCC(F)(F)C2)c(OCC2CC2)n1. The molecule has 2 N–H and O–H groups in total. The third-order valence-electron chi connectivity index (χ3n) is 5.42. The van der Waals surface area contributed by atoms with Crippen molar-refractivity contribution in [2.24, 2.45) is 22.6 Å². The molecule has 0 unspecified atom stereocenters. The van der Waals surface area contributed by atoms with Gasteiger partial charge in [-0.05, 0) is 56.1 Å². The number of pyridine rings is 1. The molecule has 3 fully saturated rings. The molecule has 7 nitrogen and oxygen atoms in total. The van der Waals surface area contributed by atoms with E-state index in [0.717, 1.165) is 25.7 Å². The van der Waals surface area contributed by atoms with Gasteiger partial charge in [-0.2, -0.15) is 0 Å². The van der Waals surface area contributed by atoms with Crippen LogP contribution in [0.4, 0.5) is 14.5 Å². The topological polar surface area (TPSA) is 97.9 Å². The minimum absolute atomic E-state index is 0.0000472. The van der Waals surface area contributed by atoms with Crippen molar-refractivity contribution in [3.05, 3.63) is 17.8 Å². The van der Waals surface area contributed by atoms with Crippen LogP contribution < -0.4 is 15.4 Å². The van der Waals surface area contributed by atoms with Crippen LogP contribution in [-0.4, -0.2) is 48.1 Å². The van der Waals surface area contributed by atoms with Gasteiger partial charge in [0.2, 0.25) is 5.88 Å². The lowest BCUT2D eigenvalue weighted by atomic mass is 10.2. The van der Waals surface area contributed by atoms with E-state index in [0.29, 0.717) is 30.6 Å². The number of anilines is 1. The minimum Gasteiger partial charge on any atom is -0.476 e. The van der Waals surface area contributed by atoms with Crippen molar-refractivity contribution in [3.8, 4) is 5.88 Å². The summed E-state index contributed by atoms with van der Waals surface area (Å²) in [5.74, 6) is -3.23. The van der Waals surface area contributed by atoms with Gasteiger partial charge < -0.3 is 15.4 Å². The van der Waals surface area contributed by atoms with E-state index < -0.39 is 24.3 Å². The largest absolute Gasteiger partial charge is 0.476 e. The van der Waals surface area contributed by atoms with Crippen molar-refractivity contribution in [2.75, 3.05) is 24.6 Å². The quantitative estimate of drug-likeness (QED) is 0.669. The third-order valence-corrected chi connectivity index (χ3v) is 5.42. The number of aliphatic imine (C=N–C) groups is 1. The second-order valence-corrected chi connectivity index (χ2v) is 8.18. The molecule has 1 aromatic rings. The van der Waals surface area contributed by atoms with E-state index in [1.165, 1.54) is 11.0 Å². The summed E-state index contributed by atoms with van der Waals surface area (Å²) in [4.78, 5) is 33.8. The fraction of sp³-hybridized carbons (Fsp3) is 0.600. The Labute approximate surface area is 167 Å². The number of primary amides is 1. The van der Waals surface area contributed by atoms with Crippen LogP contribution in [0.2, 0.25) is 0 Å². The minimum atomic E-state index is -2.76. The molecule has 4 rings (SSSR count). The Morgan fingerprint density at radius 2 is 1.97 bits per heavy atom. The van der Waals surface area contributed by atoms with Gasteiger partial charge in [-0.25, -0.2) is 18.8 Å². The zero-order valence-corrected chi connectivity index (χ0v) is 16.1. The molecule has 2 aliphatic carbocycles. The predicted octanol–water partition coefficient (Wildman–Crippen LogP) is 2.58. The maximum Gasteiger partial charge on any atom is 0.296 e. The highest BCUT2D eigenvalue weighted by molar-refractivity contribution is 6.40. The molecule has 0 atom stereocenters. The number of ether oxygens (including phenoxy) is 1. The molecule has 2 heterocycles. The zero-order valence-electron chi connectivity index (χ0n) is 16.1. The number of hydrogen-bond donors (Lipinski definition) is 1. The third kappa shape index (κ3) is 5.07. The fourth-order valence-corrected chi connectivity index (χ4v) is 3.30. The van der Waals surface area contributed by atoms with E-state index in [1.807, 2.05) is 0 Å². The molecule has 9 heteroatoms. The first-order valence-corrected chi connectivity index (χ1v) is 9.99. The van der Waals surface area contributed by atoms with Crippen molar-refractivity contribution in [2.45, 2.75) is 44.4 Å². The molecule has 2 amide bonds. The number of amides is 2. The van der Waals surface area contributed by atoms with E-state index in [2.05, 4.69) is 9.98 Å². The van der Waals surface area contributed by atoms with Gasteiger partial charge in [-0.1, -0.05) is 0 Å². The van der Waals surface area contributed by atoms with Crippen molar-refractivity contribution in [1.82, 2.24) is 4.98 Å². The highest BCUT2D eigenvalue weighted by Gasteiger charge is 2.39. The lowest BCUT2D eigenvalue weighted by molar-refractivity contribution is -0.112. The van der Waals surface area contributed by atoms with Gasteiger partial charge in [0.05, 0.1) is 13.2 Å². The van der Waals surface area contributed by atoms with E-state index in [9.17, 15) is 18.4 Å². The second-order valence-electron chi connectivity index (χ2n) is 8.18. The Balaban J connectivity index is 1.57. The van der Waals surface area contributed by atoms with Gasteiger partial charge >= 0.3 is 0 Å². The number of hydrogen-bond acceptors (Lipinski definition) is 5. The van der Waals surface area contributed by atoms with Gasteiger partial charge in [-0.15, -0.1) is 0 Å².